The van der Waals surface area contributed by atoms with E-state index in [1.165, 1.54) is 6.07 Å². The Labute approximate surface area is 115 Å². The van der Waals surface area contributed by atoms with E-state index in [-0.39, 0.29) is 5.56 Å². The van der Waals surface area contributed by atoms with Gasteiger partial charge in [0.05, 0.1) is 5.57 Å². The number of halogens is 3. The topological polar surface area (TPSA) is 13.1 Å². The maximum absolute atomic E-state index is 12.8. The largest absolute Gasteiger partial charge is 0.460 e. The van der Waals surface area contributed by atoms with Crippen molar-refractivity contribution in [1.82, 2.24) is 0 Å². The second-order valence-electron chi connectivity index (χ2n) is 4.54. The number of furan rings is 1. The van der Waals surface area contributed by atoms with Crippen molar-refractivity contribution in [2.75, 3.05) is 0 Å². The first-order chi connectivity index (χ1) is 9.43. The Morgan fingerprint density at radius 3 is 2.40 bits per heavy atom. The second kappa shape index (κ2) is 5.57. The highest BCUT2D eigenvalue weighted by molar-refractivity contribution is 5.73. The van der Waals surface area contributed by atoms with Crippen molar-refractivity contribution in [3.05, 3.63) is 54.3 Å². The average molecular weight is 280 g/mol. The summed E-state index contributed by atoms with van der Waals surface area (Å²) >= 11 is 0. The van der Waals surface area contributed by atoms with Crippen LogP contribution in [-0.2, 0) is 6.42 Å². The number of hydrogen-bond acceptors (Lipinski definition) is 1. The highest BCUT2D eigenvalue weighted by atomic mass is 19.4. The van der Waals surface area contributed by atoms with Gasteiger partial charge in [-0.25, -0.2) is 0 Å². The van der Waals surface area contributed by atoms with Gasteiger partial charge in [-0.15, -0.1) is 0 Å². The number of aryl methyl sites for hydroxylation is 1. The van der Waals surface area contributed by atoms with E-state index >= 15 is 0 Å². The smallest absolute Gasteiger partial charge is 0.416 e. The minimum atomic E-state index is -4.44. The summed E-state index contributed by atoms with van der Waals surface area (Å²) in [5.74, 6) is 0.781. The monoisotopic (exact) mass is 280 g/mol. The van der Waals surface area contributed by atoms with Crippen LogP contribution >= 0.6 is 0 Å². The molecule has 0 unspecified atom stereocenters. The summed E-state index contributed by atoms with van der Waals surface area (Å²) in [6.45, 7) is 5.05. The van der Waals surface area contributed by atoms with Gasteiger partial charge in [-0.1, -0.05) is 43.8 Å². The van der Waals surface area contributed by atoms with E-state index in [2.05, 4.69) is 6.58 Å². The fourth-order valence-corrected chi connectivity index (χ4v) is 1.99. The lowest BCUT2D eigenvalue weighted by Crippen LogP contribution is -2.10. The molecular formula is C16H15F3O. The summed E-state index contributed by atoms with van der Waals surface area (Å²) in [5.41, 5.74) is -0.0452. The Kier molecular flexibility index (Phi) is 4.02. The van der Waals surface area contributed by atoms with Crippen LogP contribution < -0.4 is 0 Å². The van der Waals surface area contributed by atoms with Crippen LogP contribution in [-0.4, -0.2) is 6.18 Å². The first-order valence-electron chi connectivity index (χ1n) is 6.38. The van der Waals surface area contributed by atoms with E-state index in [4.69, 9.17) is 4.42 Å². The normalized spacial score (nSPS) is 11.6. The van der Waals surface area contributed by atoms with E-state index < -0.39 is 11.7 Å². The molecule has 20 heavy (non-hydrogen) atoms. The minimum Gasteiger partial charge on any atom is -0.460 e. The third kappa shape index (κ3) is 2.95. The molecule has 0 bridgehead atoms. The summed E-state index contributed by atoms with van der Waals surface area (Å²) < 4.78 is 44.1. The number of benzene rings is 1. The van der Waals surface area contributed by atoms with Crippen LogP contribution in [0.3, 0.4) is 0 Å². The molecule has 106 valence electrons. The molecule has 1 aromatic heterocycles. The molecule has 0 radical (unpaired) electrons. The first-order valence-corrected chi connectivity index (χ1v) is 6.38. The van der Waals surface area contributed by atoms with E-state index in [0.29, 0.717) is 24.4 Å². The number of hydrogen-bond donors (Lipinski definition) is 0. The highest BCUT2D eigenvalue weighted by Crippen LogP contribution is 2.38. The Bertz CT molecular complexity index is 594. The molecule has 0 fully saturated rings. The van der Waals surface area contributed by atoms with Crippen molar-refractivity contribution >= 4 is 5.57 Å². The van der Waals surface area contributed by atoms with Crippen molar-refractivity contribution < 1.29 is 17.6 Å². The Morgan fingerprint density at radius 2 is 1.85 bits per heavy atom. The van der Waals surface area contributed by atoms with Crippen LogP contribution in [0.4, 0.5) is 13.2 Å². The van der Waals surface area contributed by atoms with Crippen LogP contribution in [0.25, 0.3) is 16.9 Å². The molecule has 0 atom stereocenters. The van der Waals surface area contributed by atoms with Crippen molar-refractivity contribution in [1.29, 1.82) is 0 Å². The molecule has 0 amide bonds. The molecule has 0 spiro atoms. The first kappa shape index (κ1) is 14.4. The maximum atomic E-state index is 12.8. The van der Waals surface area contributed by atoms with Crippen LogP contribution in [0, 0.1) is 0 Å². The van der Waals surface area contributed by atoms with Gasteiger partial charge in [0.25, 0.3) is 0 Å². The lowest BCUT2D eigenvalue weighted by atomic mass is 10.0. The zero-order valence-corrected chi connectivity index (χ0v) is 11.1. The van der Waals surface area contributed by atoms with Gasteiger partial charge in [-0.3, -0.25) is 0 Å². The third-order valence-corrected chi connectivity index (χ3v) is 3.01. The Balaban J connectivity index is 2.46. The Morgan fingerprint density at radius 1 is 1.20 bits per heavy atom. The van der Waals surface area contributed by atoms with Gasteiger partial charge < -0.3 is 4.42 Å². The van der Waals surface area contributed by atoms with Crippen molar-refractivity contribution in [3.63, 3.8) is 0 Å². The summed E-state index contributed by atoms with van der Waals surface area (Å²) in [6.07, 6.45) is -3.28. The highest BCUT2D eigenvalue weighted by Gasteiger charge is 2.35. The fraction of sp³-hybridized carbons (Fsp3) is 0.250. The van der Waals surface area contributed by atoms with Gasteiger partial charge in [0.15, 0.2) is 0 Å². The molecule has 2 rings (SSSR count). The summed E-state index contributed by atoms with van der Waals surface area (Å²) in [6, 6.07) is 10.5. The molecule has 0 N–H and O–H groups in total. The van der Waals surface area contributed by atoms with Gasteiger partial charge in [-0.05, 0) is 12.5 Å². The lowest BCUT2D eigenvalue weighted by molar-refractivity contribution is -0.0687. The molecule has 1 nitrogen and oxygen atoms in total. The zero-order valence-electron chi connectivity index (χ0n) is 11.1. The van der Waals surface area contributed by atoms with Crippen LogP contribution in [0.2, 0.25) is 0 Å². The van der Waals surface area contributed by atoms with E-state index in [1.807, 2.05) is 25.1 Å². The van der Waals surface area contributed by atoms with Gasteiger partial charge in [-0.2, -0.15) is 13.2 Å². The van der Waals surface area contributed by atoms with Crippen LogP contribution in [0.15, 0.2) is 47.4 Å². The van der Waals surface area contributed by atoms with Crippen molar-refractivity contribution in [2.45, 2.75) is 25.9 Å². The van der Waals surface area contributed by atoms with E-state index in [0.717, 1.165) is 5.56 Å². The lowest BCUT2D eigenvalue weighted by Gasteiger charge is -2.09. The zero-order chi connectivity index (χ0) is 14.8. The maximum Gasteiger partial charge on any atom is 0.416 e. The summed E-state index contributed by atoms with van der Waals surface area (Å²) in [7, 11) is 0. The van der Waals surface area contributed by atoms with Gasteiger partial charge in [0.1, 0.15) is 11.5 Å². The molecule has 2 aromatic rings. The minimum absolute atomic E-state index is 0.0539. The molecule has 1 aromatic carbocycles. The molecule has 0 aliphatic rings. The molecule has 0 aliphatic heterocycles. The predicted molar refractivity (Wildman–Crippen MR) is 73.2 cm³/mol. The molecule has 0 saturated heterocycles. The van der Waals surface area contributed by atoms with E-state index in [1.54, 1.807) is 12.1 Å². The van der Waals surface area contributed by atoms with E-state index in [9.17, 15) is 13.2 Å². The molecule has 0 saturated carbocycles. The molecule has 4 heteroatoms. The van der Waals surface area contributed by atoms with Crippen LogP contribution in [0.5, 0.6) is 0 Å². The average Bonchev–Trinajstić information content (AvgIpc) is 2.82. The summed E-state index contributed by atoms with van der Waals surface area (Å²) in [5, 5.41) is 0. The van der Waals surface area contributed by atoms with Crippen molar-refractivity contribution in [2.24, 2.45) is 0 Å². The second-order valence-corrected chi connectivity index (χ2v) is 4.54. The molecule has 1 heterocycles. The summed E-state index contributed by atoms with van der Waals surface area (Å²) in [4.78, 5) is 0. The number of allylic oxidation sites excluding steroid dienone is 1. The third-order valence-electron chi connectivity index (χ3n) is 3.01. The number of rotatable bonds is 4. The predicted octanol–water partition coefficient (Wildman–Crippen LogP) is 5.47. The molecule has 0 aliphatic carbocycles. The van der Waals surface area contributed by atoms with Crippen molar-refractivity contribution in [3.8, 4) is 11.3 Å². The SMILES string of the molecule is C=C(c1cc(-c2ccccc2)oc1CCC)C(F)(F)F. The van der Waals surface area contributed by atoms with Gasteiger partial charge in [0.2, 0.25) is 0 Å². The van der Waals surface area contributed by atoms with Gasteiger partial charge in [0, 0.05) is 17.5 Å². The quantitative estimate of drug-likeness (QED) is 0.723. The Hall–Kier alpha value is -1.97. The van der Waals surface area contributed by atoms with Gasteiger partial charge >= 0.3 is 6.18 Å². The fourth-order valence-electron chi connectivity index (χ4n) is 1.99. The standard InChI is InChI=1S/C16H15F3O/c1-3-7-14-13(11(2)16(17,18)19)10-15(20-14)12-8-5-4-6-9-12/h4-6,8-10H,2-3,7H2,1H3. The number of alkyl halides is 3. The van der Waals surface area contributed by atoms with Crippen LogP contribution in [0.1, 0.15) is 24.7 Å². The molecular weight excluding hydrogens is 265 g/mol.